The van der Waals surface area contributed by atoms with Gasteiger partial charge in [-0.2, -0.15) is 0 Å². The molecule has 0 aromatic heterocycles. The monoisotopic (exact) mass is 242 g/mol. The lowest BCUT2D eigenvalue weighted by Crippen LogP contribution is -2.32. The second-order valence-corrected chi connectivity index (χ2v) is 5.17. The van der Waals surface area contributed by atoms with E-state index in [1.165, 1.54) is 6.92 Å². The molecule has 1 aromatic carbocycles. The SMILES string of the molecule is CC(=O)OC1C=C(c2ccccc2)C=CC1(C)C. The van der Waals surface area contributed by atoms with E-state index in [-0.39, 0.29) is 17.5 Å². The van der Waals surface area contributed by atoms with Gasteiger partial charge in [-0.3, -0.25) is 4.79 Å². The summed E-state index contributed by atoms with van der Waals surface area (Å²) in [5.74, 6) is -0.243. The molecule has 0 radical (unpaired) electrons. The summed E-state index contributed by atoms with van der Waals surface area (Å²) < 4.78 is 5.39. The molecule has 0 saturated carbocycles. The quantitative estimate of drug-likeness (QED) is 0.741. The first-order valence-electron chi connectivity index (χ1n) is 6.13. The highest BCUT2D eigenvalue weighted by atomic mass is 16.5. The zero-order valence-corrected chi connectivity index (χ0v) is 11.0. The molecule has 1 atom stereocenters. The highest BCUT2D eigenvalue weighted by molar-refractivity contribution is 5.76. The lowest BCUT2D eigenvalue weighted by molar-refractivity contribution is -0.147. The highest BCUT2D eigenvalue weighted by Crippen LogP contribution is 2.34. The van der Waals surface area contributed by atoms with Gasteiger partial charge in [-0.05, 0) is 17.2 Å². The van der Waals surface area contributed by atoms with Crippen molar-refractivity contribution in [2.24, 2.45) is 5.41 Å². The molecule has 0 N–H and O–H groups in total. The molecule has 2 nitrogen and oxygen atoms in total. The molecule has 1 aliphatic rings. The lowest BCUT2D eigenvalue weighted by atomic mass is 9.80. The van der Waals surface area contributed by atoms with Gasteiger partial charge in [-0.15, -0.1) is 0 Å². The van der Waals surface area contributed by atoms with Crippen molar-refractivity contribution in [1.29, 1.82) is 0 Å². The zero-order chi connectivity index (χ0) is 13.2. The van der Waals surface area contributed by atoms with Crippen LogP contribution in [0.4, 0.5) is 0 Å². The smallest absolute Gasteiger partial charge is 0.303 e. The van der Waals surface area contributed by atoms with Crippen molar-refractivity contribution in [3.05, 3.63) is 54.1 Å². The third-order valence-electron chi connectivity index (χ3n) is 3.16. The van der Waals surface area contributed by atoms with Crippen molar-refractivity contribution in [1.82, 2.24) is 0 Å². The summed E-state index contributed by atoms with van der Waals surface area (Å²) in [5.41, 5.74) is 2.08. The number of allylic oxidation sites excluding steroid dienone is 2. The number of rotatable bonds is 2. The summed E-state index contributed by atoms with van der Waals surface area (Å²) in [6, 6.07) is 10.1. The van der Waals surface area contributed by atoms with Crippen LogP contribution in [0.3, 0.4) is 0 Å². The van der Waals surface area contributed by atoms with Crippen LogP contribution in [-0.4, -0.2) is 12.1 Å². The summed E-state index contributed by atoms with van der Waals surface area (Å²) >= 11 is 0. The van der Waals surface area contributed by atoms with Crippen LogP contribution in [-0.2, 0) is 9.53 Å². The summed E-state index contributed by atoms with van der Waals surface area (Å²) in [6.45, 7) is 5.58. The number of ether oxygens (including phenoxy) is 1. The van der Waals surface area contributed by atoms with Gasteiger partial charge in [0.15, 0.2) is 0 Å². The lowest BCUT2D eigenvalue weighted by Gasteiger charge is -2.32. The Morgan fingerprint density at radius 2 is 1.89 bits per heavy atom. The average molecular weight is 242 g/mol. The van der Waals surface area contributed by atoms with Gasteiger partial charge in [0.2, 0.25) is 0 Å². The molecule has 1 aromatic rings. The normalized spacial score (nSPS) is 21.3. The fourth-order valence-corrected chi connectivity index (χ4v) is 2.02. The van der Waals surface area contributed by atoms with E-state index in [9.17, 15) is 4.79 Å². The van der Waals surface area contributed by atoms with Crippen LogP contribution in [0.2, 0.25) is 0 Å². The molecular weight excluding hydrogens is 224 g/mol. The number of esters is 1. The second-order valence-electron chi connectivity index (χ2n) is 5.17. The Kier molecular flexibility index (Phi) is 3.37. The number of hydrogen-bond donors (Lipinski definition) is 0. The Balaban J connectivity index is 2.31. The number of carbonyl (C=O) groups is 1. The molecule has 2 heteroatoms. The highest BCUT2D eigenvalue weighted by Gasteiger charge is 2.30. The van der Waals surface area contributed by atoms with Crippen LogP contribution in [0, 0.1) is 5.41 Å². The van der Waals surface area contributed by atoms with Gasteiger partial charge >= 0.3 is 5.97 Å². The summed E-state index contributed by atoms with van der Waals surface area (Å²) in [4.78, 5) is 11.2. The zero-order valence-electron chi connectivity index (χ0n) is 11.0. The standard InChI is InChI=1S/C16H18O2/c1-12(17)18-15-11-14(9-10-16(15,2)3)13-7-5-4-6-8-13/h4-11,15H,1-3H3. The van der Waals surface area contributed by atoms with Crippen molar-refractivity contribution in [3.63, 3.8) is 0 Å². The minimum atomic E-state index is -0.243. The Morgan fingerprint density at radius 1 is 1.22 bits per heavy atom. The predicted octanol–water partition coefficient (Wildman–Crippen LogP) is 3.60. The van der Waals surface area contributed by atoms with E-state index < -0.39 is 0 Å². The molecule has 1 unspecified atom stereocenters. The Labute approximate surface area is 108 Å². The minimum Gasteiger partial charge on any atom is -0.457 e. The molecule has 0 aliphatic heterocycles. The van der Waals surface area contributed by atoms with Gasteiger partial charge in [0, 0.05) is 12.3 Å². The fraction of sp³-hybridized carbons (Fsp3) is 0.312. The van der Waals surface area contributed by atoms with Crippen LogP contribution in [0.5, 0.6) is 0 Å². The van der Waals surface area contributed by atoms with Crippen molar-refractivity contribution in [3.8, 4) is 0 Å². The first-order valence-corrected chi connectivity index (χ1v) is 6.13. The second kappa shape index (κ2) is 4.81. The summed E-state index contributed by atoms with van der Waals surface area (Å²) in [6.07, 6.45) is 6.00. The van der Waals surface area contributed by atoms with E-state index in [1.807, 2.05) is 24.3 Å². The minimum absolute atomic E-state index is 0.163. The van der Waals surface area contributed by atoms with Gasteiger partial charge in [0.1, 0.15) is 6.10 Å². The molecule has 2 rings (SSSR count). The molecule has 0 saturated heterocycles. The summed E-state index contributed by atoms with van der Waals surface area (Å²) in [7, 11) is 0. The Morgan fingerprint density at radius 3 is 2.50 bits per heavy atom. The molecule has 18 heavy (non-hydrogen) atoms. The molecule has 1 aliphatic carbocycles. The van der Waals surface area contributed by atoms with Crippen LogP contribution in [0.1, 0.15) is 26.3 Å². The predicted molar refractivity (Wildman–Crippen MR) is 72.9 cm³/mol. The maximum atomic E-state index is 11.2. The fourth-order valence-electron chi connectivity index (χ4n) is 2.02. The first kappa shape index (κ1) is 12.6. The largest absolute Gasteiger partial charge is 0.457 e. The molecule has 0 amide bonds. The number of carbonyl (C=O) groups excluding carboxylic acids is 1. The van der Waals surface area contributed by atoms with Gasteiger partial charge in [-0.25, -0.2) is 0 Å². The molecule has 0 spiro atoms. The maximum Gasteiger partial charge on any atom is 0.303 e. The number of benzene rings is 1. The van der Waals surface area contributed by atoms with Crippen molar-refractivity contribution in [2.45, 2.75) is 26.9 Å². The van der Waals surface area contributed by atoms with E-state index in [4.69, 9.17) is 4.74 Å². The third-order valence-corrected chi connectivity index (χ3v) is 3.16. The van der Waals surface area contributed by atoms with E-state index >= 15 is 0 Å². The molecule has 0 bridgehead atoms. The summed E-state index contributed by atoms with van der Waals surface area (Å²) in [5, 5.41) is 0. The van der Waals surface area contributed by atoms with Crippen LogP contribution in [0.25, 0.3) is 5.57 Å². The average Bonchev–Trinajstić information content (AvgIpc) is 2.32. The van der Waals surface area contributed by atoms with Crippen LogP contribution in [0.15, 0.2) is 48.6 Å². The van der Waals surface area contributed by atoms with Crippen LogP contribution >= 0.6 is 0 Å². The van der Waals surface area contributed by atoms with Gasteiger partial charge in [0.25, 0.3) is 0 Å². The third kappa shape index (κ3) is 2.70. The van der Waals surface area contributed by atoms with Crippen molar-refractivity contribution >= 4 is 11.5 Å². The molecule has 0 heterocycles. The van der Waals surface area contributed by atoms with Crippen molar-refractivity contribution < 1.29 is 9.53 Å². The van der Waals surface area contributed by atoms with Gasteiger partial charge < -0.3 is 4.74 Å². The van der Waals surface area contributed by atoms with E-state index in [0.29, 0.717) is 0 Å². The van der Waals surface area contributed by atoms with Crippen molar-refractivity contribution in [2.75, 3.05) is 0 Å². The van der Waals surface area contributed by atoms with E-state index in [0.717, 1.165) is 11.1 Å². The first-order chi connectivity index (χ1) is 8.49. The topological polar surface area (TPSA) is 26.3 Å². The molecule has 94 valence electrons. The van der Waals surface area contributed by atoms with Gasteiger partial charge in [0.05, 0.1) is 0 Å². The van der Waals surface area contributed by atoms with E-state index in [2.05, 4.69) is 38.1 Å². The Hall–Kier alpha value is -1.83. The van der Waals surface area contributed by atoms with Gasteiger partial charge in [-0.1, -0.05) is 56.3 Å². The molecular formula is C16H18O2. The molecule has 0 fully saturated rings. The maximum absolute atomic E-state index is 11.2. The van der Waals surface area contributed by atoms with Crippen LogP contribution < -0.4 is 0 Å². The van der Waals surface area contributed by atoms with E-state index in [1.54, 1.807) is 0 Å². The Bertz CT molecular complexity index is 495. The number of hydrogen-bond acceptors (Lipinski definition) is 2.